The van der Waals surface area contributed by atoms with Crippen LogP contribution in [-0.2, 0) is 21.2 Å². The average Bonchev–Trinajstić information content (AvgIpc) is 3.04. The van der Waals surface area contributed by atoms with E-state index in [4.69, 9.17) is 0 Å². The second kappa shape index (κ2) is 7.63. The highest BCUT2D eigenvalue weighted by atomic mass is 32.2. The maximum atomic E-state index is 13.5. The van der Waals surface area contributed by atoms with E-state index in [-0.39, 0.29) is 22.1 Å². The van der Waals surface area contributed by atoms with Crippen LogP contribution in [0.5, 0.6) is 0 Å². The Bertz CT molecular complexity index is 1020. The predicted octanol–water partition coefficient (Wildman–Crippen LogP) is 3.26. The number of hydrogen-bond donors (Lipinski definition) is 2. The first-order valence-electron chi connectivity index (χ1n) is 7.51. The molecular weight excluding hydrogens is 377 g/mol. The van der Waals surface area contributed by atoms with Crippen molar-refractivity contribution in [3.63, 3.8) is 0 Å². The van der Waals surface area contributed by atoms with Crippen molar-refractivity contribution >= 4 is 38.1 Å². The number of rotatable bonds is 6. The van der Waals surface area contributed by atoms with Gasteiger partial charge >= 0.3 is 0 Å². The molecular formula is C17H14FN3O3S2. The van der Waals surface area contributed by atoms with Gasteiger partial charge in [-0.05, 0) is 24.3 Å². The molecule has 0 saturated carbocycles. The highest BCUT2D eigenvalue weighted by molar-refractivity contribution is 7.93. The summed E-state index contributed by atoms with van der Waals surface area (Å²) in [5, 5.41) is 4.18. The van der Waals surface area contributed by atoms with Gasteiger partial charge in [-0.3, -0.25) is 9.52 Å². The molecule has 0 aliphatic heterocycles. The molecule has 3 rings (SSSR count). The Labute approximate surface area is 153 Å². The monoisotopic (exact) mass is 391 g/mol. The number of para-hydroxylation sites is 1. The first kappa shape index (κ1) is 18.0. The summed E-state index contributed by atoms with van der Waals surface area (Å²) >= 11 is 1.07. The first-order chi connectivity index (χ1) is 12.4. The number of nitrogens with zero attached hydrogens (tertiary/aromatic N) is 1. The van der Waals surface area contributed by atoms with E-state index in [1.807, 2.05) is 0 Å². The van der Waals surface area contributed by atoms with Crippen molar-refractivity contribution in [2.75, 3.05) is 10.0 Å². The van der Waals surface area contributed by atoms with Crippen LogP contribution in [0.15, 0.2) is 64.9 Å². The molecule has 6 nitrogen and oxygen atoms in total. The van der Waals surface area contributed by atoms with Crippen LogP contribution < -0.4 is 10.0 Å². The lowest BCUT2D eigenvalue weighted by Crippen LogP contribution is -2.16. The van der Waals surface area contributed by atoms with E-state index in [9.17, 15) is 17.6 Å². The third-order valence-corrected chi connectivity index (χ3v) is 5.61. The Balaban J connectivity index is 1.65. The summed E-state index contributed by atoms with van der Waals surface area (Å²) in [6.45, 7) is 0. The highest BCUT2D eigenvalue weighted by Gasteiger charge is 2.16. The predicted molar refractivity (Wildman–Crippen MR) is 98.1 cm³/mol. The lowest BCUT2D eigenvalue weighted by molar-refractivity contribution is -0.115. The fraction of sp³-hybridized carbons (Fsp3) is 0.0588. The Morgan fingerprint density at radius 2 is 1.77 bits per heavy atom. The second-order valence-electron chi connectivity index (χ2n) is 5.27. The molecule has 0 spiro atoms. The Kier molecular flexibility index (Phi) is 5.29. The third-order valence-electron chi connectivity index (χ3n) is 3.32. The zero-order chi connectivity index (χ0) is 18.6. The quantitative estimate of drug-likeness (QED) is 0.675. The maximum Gasteiger partial charge on any atom is 0.263 e. The Hall–Kier alpha value is -2.78. The molecule has 0 radical (unpaired) electrons. The molecule has 1 amide bonds. The van der Waals surface area contributed by atoms with E-state index in [0.717, 1.165) is 11.3 Å². The number of hydrogen-bond acceptors (Lipinski definition) is 5. The van der Waals surface area contributed by atoms with Crippen molar-refractivity contribution in [1.82, 2.24) is 4.98 Å². The molecule has 0 bridgehead atoms. The molecule has 9 heteroatoms. The lowest BCUT2D eigenvalue weighted by Gasteiger charge is -2.05. The normalized spacial score (nSPS) is 11.1. The van der Waals surface area contributed by atoms with E-state index in [2.05, 4.69) is 15.0 Å². The van der Waals surface area contributed by atoms with Crippen LogP contribution in [0.1, 0.15) is 5.69 Å². The van der Waals surface area contributed by atoms with Crippen LogP contribution in [0.25, 0.3) is 0 Å². The van der Waals surface area contributed by atoms with Crippen molar-refractivity contribution in [2.45, 2.75) is 11.3 Å². The molecule has 0 atom stereocenters. The maximum absolute atomic E-state index is 13.5. The van der Waals surface area contributed by atoms with Crippen LogP contribution >= 0.6 is 11.3 Å². The Morgan fingerprint density at radius 3 is 2.50 bits per heavy atom. The van der Waals surface area contributed by atoms with Crippen LogP contribution in [0.2, 0.25) is 0 Å². The molecule has 1 aromatic heterocycles. The van der Waals surface area contributed by atoms with Crippen LogP contribution in [0, 0.1) is 5.82 Å². The molecule has 0 aliphatic rings. The minimum Gasteiger partial charge on any atom is -0.323 e. The van der Waals surface area contributed by atoms with E-state index in [1.165, 1.54) is 30.3 Å². The molecule has 3 aromatic rings. The summed E-state index contributed by atoms with van der Waals surface area (Å²) in [4.78, 5) is 16.2. The zero-order valence-electron chi connectivity index (χ0n) is 13.3. The number of sulfonamides is 1. The molecule has 0 fully saturated rings. The number of anilines is 2. The first-order valence-corrected chi connectivity index (χ1v) is 9.87. The van der Waals surface area contributed by atoms with E-state index in [0.29, 0.717) is 5.69 Å². The van der Waals surface area contributed by atoms with Crippen molar-refractivity contribution < 1.29 is 17.6 Å². The van der Waals surface area contributed by atoms with Crippen LogP contribution in [0.4, 0.5) is 15.2 Å². The van der Waals surface area contributed by atoms with Gasteiger partial charge in [0.25, 0.3) is 10.0 Å². The van der Waals surface area contributed by atoms with Crippen molar-refractivity contribution in [3.8, 4) is 0 Å². The molecule has 1 heterocycles. The summed E-state index contributed by atoms with van der Waals surface area (Å²) in [6.07, 6.45) is -0.0993. The van der Waals surface area contributed by atoms with Crippen LogP contribution in [0.3, 0.4) is 0 Å². The number of thiazole rings is 1. The second-order valence-corrected chi connectivity index (χ2v) is 7.81. The molecule has 0 aliphatic carbocycles. The van der Waals surface area contributed by atoms with Crippen molar-refractivity contribution in [3.05, 3.63) is 71.5 Å². The number of aromatic nitrogens is 1. The van der Waals surface area contributed by atoms with Gasteiger partial charge in [0, 0.05) is 5.38 Å². The Morgan fingerprint density at radius 1 is 1.08 bits per heavy atom. The zero-order valence-corrected chi connectivity index (χ0v) is 15.0. The van der Waals surface area contributed by atoms with Crippen molar-refractivity contribution in [1.29, 1.82) is 0 Å². The summed E-state index contributed by atoms with van der Waals surface area (Å²) in [7, 11) is -3.73. The van der Waals surface area contributed by atoms with Gasteiger partial charge in [0.05, 0.1) is 22.7 Å². The SMILES string of the molecule is O=C(Cc1csc(NS(=O)(=O)c2ccccc2)n1)Nc1ccccc1F. The van der Waals surface area contributed by atoms with Crippen LogP contribution in [-0.4, -0.2) is 19.3 Å². The number of halogens is 1. The largest absolute Gasteiger partial charge is 0.323 e. The van der Waals surface area contributed by atoms with Gasteiger partial charge in [0.1, 0.15) is 5.82 Å². The molecule has 2 N–H and O–H groups in total. The minimum atomic E-state index is -3.73. The molecule has 0 saturated heterocycles. The summed E-state index contributed by atoms with van der Waals surface area (Å²) in [5.74, 6) is -0.978. The smallest absolute Gasteiger partial charge is 0.263 e. The van der Waals surface area contributed by atoms with Gasteiger partial charge in [-0.1, -0.05) is 30.3 Å². The lowest BCUT2D eigenvalue weighted by atomic mass is 10.2. The number of benzene rings is 2. The molecule has 2 aromatic carbocycles. The van der Waals surface area contributed by atoms with E-state index < -0.39 is 21.7 Å². The van der Waals surface area contributed by atoms with Gasteiger partial charge in [-0.15, -0.1) is 11.3 Å². The summed E-state index contributed by atoms with van der Waals surface area (Å²) in [6, 6.07) is 13.7. The number of carbonyl (C=O) groups excluding carboxylic acids is 1. The van der Waals surface area contributed by atoms with Gasteiger partial charge in [-0.2, -0.15) is 0 Å². The standard InChI is InChI=1S/C17H14FN3O3S2/c18-14-8-4-5-9-15(14)20-16(22)10-12-11-25-17(19-12)21-26(23,24)13-6-2-1-3-7-13/h1-9,11H,10H2,(H,19,21)(H,20,22). The fourth-order valence-electron chi connectivity index (χ4n) is 2.13. The molecule has 0 unspecified atom stereocenters. The fourth-order valence-corrected chi connectivity index (χ4v) is 4.11. The van der Waals surface area contributed by atoms with E-state index >= 15 is 0 Å². The topological polar surface area (TPSA) is 88.2 Å². The molecule has 26 heavy (non-hydrogen) atoms. The summed E-state index contributed by atoms with van der Waals surface area (Å²) < 4.78 is 40.4. The van der Waals surface area contributed by atoms with Gasteiger partial charge in [0.2, 0.25) is 5.91 Å². The van der Waals surface area contributed by atoms with E-state index in [1.54, 1.807) is 29.6 Å². The van der Waals surface area contributed by atoms with Gasteiger partial charge in [-0.25, -0.2) is 17.8 Å². The minimum absolute atomic E-state index is 0.0812. The number of amides is 1. The number of nitrogens with one attached hydrogen (secondary N) is 2. The third kappa shape index (κ3) is 4.44. The highest BCUT2D eigenvalue weighted by Crippen LogP contribution is 2.21. The van der Waals surface area contributed by atoms with Gasteiger partial charge < -0.3 is 5.32 Å². The number of carbonyl (C=O) groups is 1. The van der Waals surface area contributed by atoms with Gasteiger partial charge in [0.15, 0.2) is 5.13 Å². The summed E-state index contributed by atoms with van der Waals surface area (Å²) in [5.41, 5.74) is 0.465. The van der Waals surface area contributed by atoms with Crippen molar-refractivity contribution in [2.24, 2.45) is 0 Å². The average molecular weight is 391 g/mol. The molecule has 134 valence electrons.